The number of aromatic nitrogens is 1. The second-order valence-corrected chi connectivity index (χ2v) is 11.1. The highest BCUT2D eigenvalue weighted by Crippen LogP contribution is 2.29. The third-order valence-corrected chi connectivity index (χ3v) is 7.07. The van der Waals surface area contributed by atoms with Gasteiger partial charge in [-0.25, -0.2) is 4.98 Å². The average Bonchev–Trinajstić information content (AvgIpc) is 2.65. The second-order valence-electron chi connectivity index (χ2n) is 7.08. The van der Waals surface area contributed by atoms with E-state index >= 15 is 0 Å². The third-order valence-electron chi connectivity index (χ3n) is 3.43. The molecule has 0 aliphatic rings. The molecule has 1 heterocycles. The number of amides is 1. The molecule has 0 bridgehead atoms. The molecule has 6 nitrogen and oxygen atoms in total. The lowest BCUT2D eigenvalue weighted by Crippen LogP contribution is -2.40. The Morgan fingerprint density at radius 2 is 1.93 bits per heavy atom. The molecule has 150 valence electrons. The molecular formula is C19H25N3O3PS2+. The Balaban J connectivity index is 1.81. The molecule has 0 saturated carbocycles. The number of aliphatic hydroxyl groups is 1. The maximum absolute atomic E-state index is 12.4. The number of carbonyl (C=O) groups excluding carboxylic acids is 1. The molecule has 1 aromatic heterocycles. The van der Waals surface area contributed by atoms with Crippen LogP contribution >= 0.6 is 29.4 Å². The molecule has 9 heteroatoms. The van der Waals surface area contributed by atoms with Gasteiger partial charge in [-0.3, -0.25) is 4.79 Å². The number of nitrogens with zero attached hydrogens (tertiary/aromatic N) is 2. The van der Waals surface area contributed by atoms with Crippen LogP contribution in [0, 0.1) is 0 Å². The predicted molar refractivity (Wildman–Crippen MR) is 119 cm³/mol. The van der Waals surface area contributed by atoms with Gasteiger partial charge in [0.25, 0.3) is 5.48 Å². The molecule has 28 heavy (non-hydrogen) atoms. The second kappa shape index (κ2) is 11.0. The Morgan fingerprint density at radius 3 is 2.54 bits per heavy atom. The van der Waals surface area contributed by atoms with Crippen molar-refractivity contribution in [1.29, 1.82) is 0 Å². The van der Waals surface area contributed by atoms with Crippen molar-refractivity contribution in [2.75, 3.05) is 38.8 Å². The summed E-state index contributed by atoms with van der Waals surface area (Å²) >= 11 is 0. The number of quaternary nitrogens is 1. The van der Waals surface area contributed by atoms with Gasteiger partial charge in [0.05, 0.1) is 21.1 Å². The summed E-state index contributed by atoms with van der Waals surface area (Å²) < 4.78 is 0.498. The van der Waals surface area contributed by atoms with Gasteiger partial charge in [0, 0.05) is 24.1 Å². The number of anilines is 1. The van der Waals surface area contributed by atoms with Crippen LogP contribution in [0.5, 0.6) is 0 Å². The smallest absolute Gasteiger partial charge is 0.279 e. The number of likely N-dealkylation sites (N-methyl/N-ethyl adjacent to an activating group) is 1. The first-order valence-corrected chi connectivity index (χ1v) is 12.3. The summed E-state index contributed by atoms with van der Waals surface area (Å²) in [6.07, 6.45) is 2.13. The fraction of sp³-hybridized carbons (Fsp3) is 0.316. The molecule has 2 rings (SSSR count). The van der Waals surface area contributed by atoms with Gasteiger partial charge >= 0.3 is 0 Å². The number of aliphatic hydroxyl groups excluding tert-OH is 1. The number of pyridine rings is 1. The van der Waals surface area contributed by atoms with Crippen LogP contribution in [-0.4, -0.2) is 59.4 Å². The predicted octanol–water partition coefficient (Wildman–Crippen LogP) is 2.44. The molecule has 0 radical (unpaired) electrons. The number of hydrogen-bond donors (Lipinski definition) is 2. The van der Waals surface area contributed by atoms with E-state index in [-0.39, 0.29) is 11.4 Å². The van der Waals surface area contributed by atoms with Crippen LogP contribution in [0.4, 0.5) is 5.69 Å². The summed E-state index contributed by atoms with van der Waals surface area (Å²) in [6, 6.07) is 12.5. The van der Waals surface area contributed by atoms with Crippen LogP contribution in [0.15, 0.2) is 53.7 Å². The molecule has 2 N–H and O–H groups in total. The molecule has 0 spiro atoms. The lowest BCUT2D eigenvalue weighted by Gasteiger charge is -2.22. The highest BCUT2D eigenvalue weighted by Gasteiger charge is 2.19. The van der Waals surface area contributed by atoms with E-state index in [4.69, 9.17) is 0 Å². The van der Waals surface area contributed by atoms with Crippen molar-refractivity contribution in [1.82, 2.24) is 4.98 Å². The van der Waals surface area contributed by atoms with Crippen molar-refractivity contribution in [2.24, 2.45) is 0 Å². The van der Waals surface area contributed by atoms with Crippen LogP contribution in [0.25, 0.3) is 0 Å². The minimum Gasteiger partial charge on any atom is -0.624 e. The number of hydrogen-bond acceptors (Lipinski definition) is 5. The van der Waals surface area contributed by atoms with Crippen LogP contribution < -0.4 is 15.5 Å². The van der Waals surface area contributed by atoms with Crippen molar-refractivity contribution < 1.29 is 19.3 Å². The lowest BCUT2D eigenvalue weighted by atomic mass is 10.3. The summed E-state index contributed by atoms with van der Waals surface area (Å²) in [5.41, 5.74) is 0.618. The molecule has 1 aromatic carbocycles. The largest absolute Gasteiger partial charge is 0.624 e. The highest BCUT2D eigenvalue weighted by molar-refractivity contribution is 8.76. The van der Waals surface area contributed by atoms with E-state index in [0.717, 1.165) is 5.03 Å². The molecule has 2 aromatic rings. The number of rotatable bonds is 9. The van der Waals surface area contributed by atoms with Crippen LogP contribution in [0.2, 0.25) is 0 Å². The lowest BCUT2D eigenvalue weighted by molar-refractivity contribution is -0.861. The Hall–Kier alpha value is -1.41. The summed E-state index contributed by atoms with van der Waals surface area (Å²) in [7, 11) is 6.91. The van der Waals surface area contributed by atoms with Gasteiger partial charge < -0.3 is 19.8 Å². The van der Waals surface area contributed by atoms with Gasteiger partial charge in [-0.2, -0.15) is 0 Å². The SMILES string of the molecule is C[N+](C)(C)C/C(O)=[P+](\[O-])c1ccc(NC(=O)CCSSc2ccccn2)cc1. The van der Waals surface area contributed by atoms with Crippen molar-refractivity contribution in [2.45, 2.75) is 11.4 Å². The van der Waals surface area contributed by atoms with Gasteiger partial charge in [0.2, 0.25) is 5.91 Å². The van der Waals surface area contributed by atoms with Crippen molar-refractivity contribution in [3.63, 3.8) is 0 Å². The first kappa shape index (κ1) is 22.9. The monoisotopic (exact) mass is 438 g/mol. The van der Waals surface area contributed by atoms with E-state index in [1.807, 2.05) is 39.3 Å². The summed E-state index contributed by atoms with van der Waals surface area (Å²) in [5.74, 6) is 0.593. The maximum atomic E-state index is 12.4. The van der Waals surface area contributed by atoms with Gasteiger partial charge in [-0.15, -0.1) is 0 Å². The zero-order valence-corrected chi connectivity index (χ0v) is 18.7. The Labute approximate surface area is 174 Å². The summed E-state index contributed by atoms with van der Waals surface area (Å²) in [5, 5.41) is 14.4. The average molecular weight is 439 g/mol. The van der Waals surface area contributed by atoms with Crippen LogP contribution in [0.1, 0.15) is 6.42 Å². The minimum absolute atomic E-state index is 0.0262. The van der Waals surface area contributed by atoms with Crippen LogP contribution in [-0.2, 0) is 4.79 Å². The fourth-order valence-corrected chi connectivity index (χ4v) is 5.31. The molecule has 1 unspecified atom stereocenters. The third kappa shape index (κ3) is 8.31. The van der Waals surface area contributed by atoms with Gasteiger partial charge in [-0.1, -0.05) is 16.9 Å². The van der Waals surface area contributed by atoms with Crippen LogP contribution in [0.3, 0.4) is 0 Å². The molecule has 0 fully saturated rings. The van der Waals surface area contributed by atoms with Gasteiger partial charge in [-0.05, 0) is 47.2 Å². The van der Waals surface area contributed by atoms with Crippen molar-refractivity contribution in [3.8, 4) is 0 Å². The first-order valence-electron chi connectivity index (χ1n) is 8.67. The highest BCUT2D eigenvalue weighted by atomic mass is 33.1. The minimum atomic E-state index is -1.99. The molecule has 0 aliphatic heterocycles. The Morgan fingerprint density at radius 1 is 1.21 bits per heavy atom. The summed E-state index contributed by atoms with van der Waals surface area (Å²) in [6.45, 7) is 0.321. The fourth-order valence-electron chi connectivity index (χ4n) is 2.17. The maximum Gasteiger partial charge on any atom is 0.279 e. The van der Waals surface area contributed by atoms with Crippen molar-refractivity contribution >= 4 is 51.7 Å². The van der Waals surface area contributed by atoms with Gasteiger partial charge in [0.1, 0.15) is 18.1 Å². The van der Waals surface area contributed by atoms with E-state index in [1.165, 1.54) is 0 Å². The zero-order valence-electron chi connectivity index (χ0n) is 16.2. The van der Waals surface area contributed by atoms with E-state index < -0.39 is 7.77 Å². The normalized spacial score (nSPS) is 12.5. The standard InChI is InChI=1S/C19H24N3O3PS2/c1-22(2,3)14-19(24)26(25)16-9-7-15(8-10-16)21-17(23)11-13-27-28-18-6-4-5-12-20-18/h4-10,12H,11,13-14H2,1-3H3,(H-,21,23,24)/p+1. The summed E-state index contributed by atoms with van der Waals surface area (Å²) in [4.78, 5) is 28.7. The van der Waals surface area contributed by atoms with E-state index in [9.17, 15) is 14.8 Å². The number of carbonyl (C=O) groups is 1. The number of benzene rings is 1. The van der Waals surface area contributed by atoms with E-state index in [0.29, 0.717) is 34.2 Å². The topological polar surface area (TPSA) is 85.3 Å². The quantitative estimate of drug-likeness (QED) is 0.271. The number of nitrogens with one attached hydrogen (secondary N) is 1. The van der Waals surface area contributed by atoms with Gasteiger partial charge in [0.15, 0.2) is 6.54 Å². The molecule has 1 amide bonds. The Kier molecular flexibility index (Phi) is 8.95. The molecule has 1 atom stereocenters. The van der Waals surface area contributed by atoms with E-state index in [1.54, 1.807) is 52.1 Å². The molecular weight excluding hydrogens is 413 g/mol. The first-order chi connectivity index (χ1) is 13.2. The van der Waals surface area contributed by atoms with Crippen molar-refractivity contribution in [3.05, 3.63) is 48.7 Å². The molecule has 0 saturated heterocycles. The molecule has 0 aliphatic carbocycles. The Bertz CT molecular complexity index is 809. The zero-order chi connectivity index (χ0) is 20.6. The van der Waals surface area contributed by atoms with E-state index in [2.05, 4.69) is 10.3 Å².